The van der Waals surface area contributed by atoms with E-state index in [0.717, 1.165) is 18.6 Å². The Kier molecular flexibility index (Phi) is 5.40. The molecule has 5 aromatic rings. The van der Waals surface area contributed by atoms with Crippen LogP contribution in [0.15, 0.2) is 48.8 Å². The van der Waals surface area contributed by atoms with Crippen LogP contribution in [0.2, 0.25) is 0 Å². The molecule has 1 N–H and O–H groups in total. The van der Waals surface area contributed by atoms with Crippen LogP contribution in [0.4, 0.5) is 23.4 Å². The molecule has 0 aliphatic carbocycles. The van der Waals surface area contributed by atoms with Crippen LogP contribution in [0.5, 0.6) is 5.75 Å². The molecule has 1 atom stereocenters. The van der Waals surface area contributed by atoms with E-state index in [1.165, 1.54) is 18.2 Å². The lowest BCUT2D eigenvalue weighted by Crippen LogP contribution is -2.24. The van der Waals surface area contributed by atoms with Crippen molar-refractivity contribution >= 4 is 22.5 Å². The van der Waals surface area contributed by atoms with Crippen molar-refractivity contribution in [1.29, 1.82) is 5.26 Å². The third-order valence-electron chi connectivity index (χ3n) is 6.39. The van der Waals surface area contributed by atoms with E-state index in [0.29, 0.717) is 46.9 Å². The van der Waals surface area contributed by atoms with Gasteiger partial charge < -0.3 is 14.6 Å². The molecule has 6 rings (SSSR count). The number of anilines is 1. The highest BCUT2D eigenvalue weighted by Gasteiger charge is 2.30. The number of aromatic amines is 1. The lowest BCUT2D eigenvalue weighted by molar-refractivity contribution is -0.0499. The Morgan fingerprint density at radius 1 is 1.14 bits per heavy atom. The summed E-state index contributed by atoms with van der Waals surface area (Å²) in [6.45, 7) is -2.47. The molecule has 1 aliphatic heterocycles. The first kappa shape index (κ1) is 22.8. The maximum Gasteiger partial charge on any atom is 0.387 e. The largest absolute Gasteiger partial charge is 0.433 e. The maximum atomic E-state index is 14.5. The first-order chi connectivity index (χ1) is 17.9. The van der Waals surface area contributed by atoms with Crippen molar-refractivity contribution in [3.63, 3.8) is 0 Å². The Morgan fingerprint density at radius 2 is 2.00 bits per heavy atom. The van der Waals surface area contributed by atoms with Crippen molar-refractivity contribution in [2.45, 2.75) is 25.5 Å². The zero-order valence-electron chi connectivity index (χ0n) is 19.0. The third-order valence-corrected chi connectivity index (χ3v) is 6.39. The molecule has 1 fully saturated rings. The molecular weight excluding hydrogens is 490 g/mol. The summed E-state index contributed by atoms with van der Waals surface area (Å²) in [6.07, 6.45) is 4.70. The summed E-state index contributed by atoms with van der Waals surface area (Å²) < 4.78 is 59.9. The van der Waals surface area contributed by atoms with E-state index in [4.69, 9.17) is 4.98 Å². The molecule has 0 spiro atoms. The highest BCUT2D eigenvalue weighted by molar-refractivity contribution is 5.85. The number of nitriles is 1. The number of imidazole rings is 1. The molecule has 186 valence electrons. The van der Waals surface area contributed by atoms with E-state index >= 15 is 0 Å². The fraction of sp³-hybridized carbons (Fsp3) is 0.200. The average Bonchev–Trinajstić information content (AvgIpc) is 3.61. The molecule has 12 heteroatoms. The summed E-state index contributed by atoms with van der Waals surface area (Å²) in [4.78, 5) is 14.2. The molecule has 37 heavy (non-hydrogen) atoms. The van der Waals surface area contributed by atoms with Crippen LogP contribution >= 0.6 is 0 Å². The minimum absolute atomic E-state index is 0.0621. The van der Waals surface area contributed by atoms with Crippen LogP contribution < -0.4 is 9.64 Å². The van der Waals surface area contributed by atoms with Crippen LogP contribution in [0.1, 0.15) is 30.0 Å². The SMILES string of the molecule is N#Cc1cc2[nH]c(-c3cnn4ccc(N5CCCC5c5cc(F)ccc5F)nc34)nc2cc1OC(F)F. The first-order valence-corrected chi connectivity index (χ1v) is 11.4. The number of nitrogens with zero attached hydrogens (tertiary/aromatic N) is 6. The molecule has 4 heterocycles. The number of benzene rings is 2. The van der Waals surface area contributed by atoms with Crippen molar-refractivity contribution < 1.29 is 22.3 Å². The molecule has 8 nitrogen and oxygen atoms in total. The molecule has 0 radical (unpaired) electrons. The van der Waals surface area contributed by atoms with Crippen molar-refractivity contribution in [2.75, 3.05) is 11.4 Å². The molecular formula is C25H17F4N7O. The average molecular weight is 507 g/mol. The highest BCUT2D eigenvalue weighted by Crippen LogP contribution is 2.37. The Morgan fingerprint density at radius 3 is 2.81 bits per heavy atom. The topological polar surface area (TPSA) is 95.1 Å². The number of hydrogen-bond acceptors (Lipinski definition) is 6. The Labute approximate surface area is 206 Å². The van der Waals surface area contributed by atoms with E-state index < -0.39 is 18.2 Å². The number of rotatable bonds is 5. The van der Waals surface area contributed by atoms with Gasteiger partial charge in [-0.3, -0.25) is 0 Å². The number of ether oxygens (including phenoxy) is 1. The van der Waals surface area contributed by atoms with Crippen molar-refractivity contribution in [2.24, 2.45) is 0 Å². The number of hydrogen-bond donors (Lipinski definition) is 1. The van der Waals surface area contributed by atoms with E-state index in [1.807, 2.05) is 11.0 Å². The van der Waals surface area contributed by atoms with Gasteiger partial charge in [0.15, 0.2) is 5.65 Å². The predicted molar refractivity (Wildman–Crippen MR) is 125 cm³/mol. The number of nitrogens with one attached hydrogen (secondary N) is 1. The van der Waals surface area contributed by atoms with Crippen molar-refractivity contribution in [1.82, 2.24) is 24.6 Å². The van der Waals surface area contributed by atoms with Crippen LogP contribution in [-0.2, 0) is 0 Å². The van der Waals surface area contributed by atoms with Gasteiger partial charge in [0.25, 0.3) is 0 Å². The summed E-state index contributed by atoms with van der Waals surface area (Å²) in [5.74, 6) is -0.319. The Bertz CT molecular complexity index is 1690. The zero-order valence-corrected chi connectivity index (χ0v) is 19.0. The normalized spacial score (nSPS) is 15.7. The minimum Gasteiger partial charge on any atom is -0.433 e. The monoisotopic (exact) mass is 507 g/mol. The molecule has 1 saturated heterocycles. The number of alkyl halides is 2. The van der Waals surface area contributed by atoms with E-state index in [9.17, 15) is 22.8 Å². The number of H-pyrrole nitrogens is 1. The van der Waals surface area contributed by atoms with Gasteiger partial charge in [-0.1, -0.05) is 0 Å². The van der Waals surface area contributed by atoms with Gasteiger partial charge in [-0.25, -0.2) is 23.3 Å². The maximum absolute atomic E-state index is 14.5. The van der Waals surface area contributed by atoms with Crippen LogP contribution in [0.25, 0.3) is 28.1 Å². The number of fused-ring (bicyclic) bond motifs is 2. The molecule has 0 bridgehead atoms. The second kappa shape index (κ2) is 8.77. The molecule has 1 unspecified atom stereocenters. The van der Waals surface area contributed by atoms with Crippen LogP contribution in [0, 0.1) is 23.0 Å². The fourth-order valence-electron chi connectivity index (χ4n) is 4.77. The summed E-state index contributed by atoms with van der Waals surface area (Å²) >= 11 is 0. The van der Waals surface area contributed by atoms with Gasteiger partial charge in [0.2, 0.25) is 0 Å². The first-order valence-electron chi connectivity index (χ1n) is 11.4. The van der Waals surface area contributed by atoms with Crippen LogP contribution in [-0.4, -0.2) is 37.7 Å². The lowest BCUT2D eigenvalue weighted by Gasteiger charge is -2.26. The number of aromatic nitrogens is 5. The molecule has 0 saturated carbocycles. The van der Waals surface area contributed by atoms with Crippen molar-refractivity contribution in [3.05, 3.63) is 71.6 Å². The summed E-state index contributed by atoms with van der Waals surface area (Å²) in [6, 6.07) is 9.32. The Hall–Kier alpha value is -4.66. The second-order valence-electron chi connectivity index (χ2n) is 8.57. The smallest absolute Gasteiger partial charge is 0.387 e. The second-order valence-corrected chi connectivity index (χ2v) is 8.57. The molecule has 0 amide bonds. The van der Waals surface area contributed by atoms with E-state index in [1.54, 1.807) is 23.0 Å². The van der Waals surface area contributed by atoms with Gasteiger partial charge in [0, 0.05) is 24.4 Å². The van der Waals surface area contributed by atoms with E-state index in [2.05, 4.69) is 19.8 Å². The lowest BCUT2D eigenvalue weighted by atomic mass is 10.0. The zero-order chi connectivity index (χ0) is 25.7. The highest BCUT2D eigenvalue weighted by atomic mass is 19.3. The van der Waals surface area contributed by atoms with Crippen molar-refractivity contribution in [3.8, 4) is 23.2 Å². The van der Waals surface area contributed by atoms with Gasteiger partial charge in [-0.05, 0) is 43.2 Å². The minimum atomic E-state index is -3.08. The summed E-state index contributed by atoms with van der Waals surface area (Å²) in [5, 5.41) is 13.6. The summed E-state index contributed by atoms with van der Waals surface area (Å²) in [7, 11) is 0. The number of halogens is 4. The predicted octanol–water partition coefficient (Wildman–Crippen LogP) is 5.37. The standard InChI is InChI=1S/C25H17F4N7O/c26-14-3-4-17(27)15(9-14)20-2-1-6-35(20)22-5-7-36-24(34-22)16(12-31-36)23-32-18-8-13(11-30)21(37-25(28)29)10-19(18)33-23/h3-5,7-10,12,20,25H,1-2,6H2,(H,32,33). The molecule has 3 aromatic heterocycles. The van der Waals surface area contributed by atoms with Gasteiger partial charge >= 0.3 is 6.61 Å². The quantitative estimate of drug-likeness (QED) is 0.322. The van der Waals surface area contributed by atoms with Gasteiger partial charge in [0.05, 0.1) is 34.4 Å². The molecule has 2 aromatic carbocycles. The van der Waals surface area contributed by atoms with Gasteiger partial charge in [-0.15, -0.1) is 0 Å². The fourth-order valence-corrected chi connectivity index (χ4v) is 4.77. The third kappa shape index (κ3) is 3.98. The van der Waals surface area contributed by atoms with Gasteiger partial charge in [-0.2, -0.15) is 19.1 Å². The van der Waals surface area contributed by atoms with Gasteiger partial charge in [0.1, 0.15) is 35.1 Å². The summed E-state index contributed by atoms with van der Waals surface area (Å²) in [5.41, 5.74) is 1.96. The molecule has 1 aliphatic rings. The Balaban J connectivity index is 1.40. The van der Waals surface area contributed by atoms with E-state index in [-0.39, 0.29) is 22.9 Å². The van der Waals surface area contributed by atoms with Crippen LogP contribution in [0.3, 0.4) is 0 Å².